The molecule has 0 saturated carbocycles. The van der Waals surface area contributed by atoms with E-state index in [9.17, 15) is 14.0 Å². The molecule has 158 valence electrons. The van der Waals surface area contributed by atoms with Crippen molar-refractivity contribution in [3.8, 4) is 11.4 Å². The Morgan fingerprint density at radius 3 is 2.80 bits per heavy atom. The molecular weight excluding hydrogens is 477 g/mol. The van der Waals surface area contributed by atoms with E-state index < -0.39 is 11.8 Å². The third-order valence-corrected chi connectivity index (χ3v) is 5.68. The number of rotatable bonds is 8. The molecule has 0 aliphatic heterocycles. The Bertz CT molecular complexity index is 1120. The topological polar surface area (TPSA) is 75.3 Å². The summed E-state index contributed by atoms with van der Waals surface area (Å²) >= 11 is 4.73. The van der Waals surface area contributed by atoms with Gasteiger partial charge in [0.1, 0.15) is 17.9 Å². The normalized spacial score (nSPS) is 10.8. The Kier molecular flexibility index (Phi) is 7.33. The Morgan fingerprint density at radius 1 is 1.27 bits per heavy atom. The molecule has 0 bridgehead atoms. The Balaban J connectivity index is 1.67. The van der Waals surface area contributed by atoms with Gasteiger partial charge >= 0.3 is 11.7 Å². The summed E-state index contributed by atoms with van der Waals surface area (Å²) in [5.41, 5.74) is 0.862. The second-order valence-electron chi connectivity index (χ2n) is 6.17. The maximum absolute atomic E-state index is 13.5. The first-order valence-corrected chi connectivity index (χ1v) is 10.8. The van der Waals surface area contributed by atoms with Crippen LogP contribution >= 0.6 is 27.7 Å². The molecule has 0 fully saturated rings. The molecule has 0 aliphatic carbocycles. The van der Waals surface area contributed by atoms with E-state index in [0.717, 1.165) is 10.5 Å². The van der Waals surface area contributed by atoms with Gasteiger partial charge in [-0.15, -0.1) is 11.8 Å². The molecule has 30 heavy (non-hydrogen) atoms. The number of benzene rings is 2. The van der Waals surface area contributed by atoms with E-state index in [4.69, 9.17) is 9.47 Å². The molecule has 0 atom stereocenters. The van der Waals surface area contributed by atoms with Crippen molar-refractivity contribution >= 4 is 33.7 Å². The number of esters is 1. The van der Waals surface area contributed by atoms with E-state index in [1.807, 2.05) is 19.1 Å². The largest absolute Gasteiger partial charge is 0.482 e. The first-order chi connectivity index (χ1) is 14.4. The molecule has 0 N–H and O–H groups in total. The summed E-state index contributed by atoms with van der Waals surface area (Å²) in [4.78, 5) is 24.9. The minimum absolute atomic E-state index is 0.149. The average Bonchev–Trinajstić information content (AvgIpc) is 3.08. The van der Waals surface area contributed by atoms with Crippen molar-refractivity contribution in [3.63, 3.8) is 0 Å². The number of halogens is 2. The highest BCUT2D eigenvalue weighted by molar-refractivity contribution is 9.10. The first-order valence-electron chi connectivity index (χ1n) is 9.00. The summed E-state index contributed by atoms with van der Waals surface area (Å²) in [5, 5.41) is 4.11. The zero-order valence-electron chi connectivity index (χ0n) is 16.3. The van der Waals surface area contributed by atoms with Gasteiger partial charge < -0.3 is 9.47 Å². The maximum Gasteiger partial charge on any atom is 0.351 e. The minimum atomic E-state index is -0.442. The van der Waals surface area contributed by atoms with Gasteiger partial charge in [-0.3, -0.25) is 0 Å². The van der Waals surface area contributed by atoms with Crippen molar-refractivity contribution < 1.29 is 18.7 Å². The number of hydrogen-bond donors (Lipinski definition) is 0. The summed E-state index contributed by atoms with van der Waals surface area (Å²) in [6.07, 6.45) is 1.36. The van der Waals surface area contributed by atoms with Crippen LogP contribution in [-0.4, -0.2) is 33.5 Å². The van der Waals surface area contributed by atoms with Crippen LogP contribution in [0.1, 0.15) is 12.5 Å². The van der Waals surface area contributed by atoms with Gasteiger partial charge in [0.2, 0.25) is 0 Å². The molecule has 7 nitrogen and oxygen atoms in total. The molecule has 0 spiro atoms. The lowest BCUT2D eigenvalue weighted by Gasteiger charge is -2.10. The lowest BCUT2D eigenvalue weighted by atomic mass is 10.2. The predicted molar refractivity (Wildman–Crippen MR) is 115 cm³/mol. The van der Waals surface area contributed by atoms with E-state index in [2.05, 4.69) is 21.0 Å². The number of carbonyl (C=O) groups is 1. The number of nitrogens with zero attached hydrogens (tertiary/aromatic N) is 3. The van der Waals surface area contributed by atoms with Crippen molar-refractivity contribution in [1.29, 1.82) is 0 Å². The quantitative estimate of drug-likeness (QED) is 0.348. The maximum atomic E-state index is 13.5. The van der Waals surface area contributed by atoms with E-state index >= 15 is 0 Å². The van der Waals surface area contributed by atoms with Crippen LogP contribution in [0.5, 0.6) is 5.75 Å². The molecule has 3 rings (SSSR count). The van der Waals surface area contributed by atoms with Gasteiger partial charge in [-0.1, -0.05) is 0 Å². The number of aromatic nitrogens is 3. The Morgan fingerprint density at radius 2 is 2.07 bits per heavy atom. The standard InChI is InChI=1S/C20H19BrFN3O4S/c1-3-28-19(26)10-29-18-7-5-15(8-13(18)2)30-12-25-20(27)24(11-23-25)17-9-14(22)4-6-16(17)21/h4-9,11H,3,10,12H2,1-2H3. The van der Waals surface area contributed by atoms with Crippen molar-refractivity contribution in [2.24, 2.45) is 0 Å². The average molecular weight is 496 g/mol. The third kappa shape index (κ3) is 5.31. The number of hydrogen-bond acceptors (Lipinski definition) is 6. The summed E-state index contributed by atoms with van der Waals surface area (Å²) in [6, 6.07) is 9.61. The highest BCUT2D eigenvalue weighted by Crippen LogP contribution is 2.26. The summed E-state index contributed by atoms with van der Waals surface area (Å²) in [7, 11) is 0. The Labute approximate surface area is 184 Å². The summed E-state index contributed by atoms with van der Waals surface area (Å²) < 4.78 is 27.0. The molecule has 0 saturated heterocycles. The molecule has 2 aromatic carbocycles. The molecule has 0 radical (unpaired) electrons. The SMILES string of the molecule is CCOC(=O)COc1ccc(SCn2ncn(-c3cc(F)ccc3Br)c2=O)cc1C. The lowest BCUT2D eigenvalue weighted by Crippen LogP contribution is -2.23. The van der Waals surface area contributed by atoms with E-state index in [0.29, 0.717) is 22.5 Å². The minimum Gasteiger partial charge on any atom is -0.482 e. The molecule has 3 aromatic rings. The second kappa shape index (κ2) is 9.94. The Hall–Kier alpha value is -2.59. The van der Waals surface area contributed by atoms with Gasteiger partial charge in [0.15, 0.2) is 6.61 Å². The van der Waals surface area contributed by atoms with Crippen LogP contribution in [0.2, 0.25) is 0 Å². The highest BCUT2D eigenvalue weighted by atomic mass is 79.9. The van der Waals surface area contributed by atoms with E-state index in [1.165, 1.54) is 45.5 Å². The van der Waals surface area contributed by atoms with Gasteiger partial charge in [-0.25, -0.2) is 23.2 Å². The van der Waals surface area contributed by atoms with Crippen LogP contribution in [-0.2, 0) is 15.4 Å². The van der Waals surface area contributed by atoms with Crippen LogP contribution in [0.15, 0.2) is 56.9 Å². The lowest BCUT2D eigenvalue weighted by molar-refractivity contribution is -0.145. The van der Waals surface area contributed by atoms with Crippen molar-refractivity contribution in [1.82, 2.24) is 14.3 Å². The van der Waals surface area contributed by atoms with Gasteiger partial charge in [-0.2, -0.15) is 5.10 Å². The summed E-state index contributed by atoms with van der Waals surface area (Å²) in [5.74, 6) is 0.00402. The van der Waals surface area contributed by atoms with E-state index in [-0.39, 0.29) is 18.2 Å². The van der Waals surface area contributed by atoms with Crippen molar-refractivity contribution in [2.45, 2.75) is 24.6 Å². The van der Waals surface area contributed by atoms with Crippen LogP contribution in [0, 0.1) is 12.7 Å². The van der Waals surface area contributed by atoms with Gasteiger partial charge in [-0.05, 0) is 71.7 Å². The molecule has 1 aromatic heterocycles. The van der Waals surface area contributed by atoms with Crippen molar-refractivity contribution in [3.05, 3.63) is 69.1 Å². The van der Waals surface area contributed by atoms with Crippen LogP contribution in [0.25, 0.3) is 5.69 Å². The molecular formula is C20H19BrFN3O4S. The fourth-order valence-electron chi connectivity index (χ4n) is 2.61. The van der Waals surface area contributed by atoms with Gasteiger partial charge in [0.25, 0.3) is 0 Å². The molecule has 10 heteroatoms. The van der Waals surface area contributed by atoms with Crippen LogP contribution < -0.4 is 10.4 Å². The second-order valence-corrected chi connectivity index (χ2v) is 8.05. The number of aryl methyl sites for hydroxylation is 1. The van der Waals surface area contributed by atoms with Gasteiger partial charge in [0, 0.05) is 9.37 Å². The number of carbonyl (C=O) groups excluding carboxylic acids is 1. The fourth-order valence-corrected chi connectivity index (χ4v) is 3.92. The molecule has 0 unspecified atom stereocenters. The molecule has 1 heterocycles. The smallest absolute Gasteiger partial charge is 0.351 e. The zero-order chi connectivity index (χ0) is 21.7. The van der Waals surface area contributed by atoms with Crippen LogP contribution in [0.3, 0.4) is 0 Å². The van der Waals surface area contributed by atoms with Gasteiger partial charge in [0.05, 0.1) is 18.2 Å². The molecule has 0 amide bonds. The monoisotopic (exact) mass is 495 g/mol. The first kappa shape index (κ1) is 22.1. The zero-order valence-corrected chi connectivity index (χ0v) is 18.7. The fraction of sp³-hybridized carbons (Fsp3) is 0.250. The van der Waals surface area contributed by atoms with Crippen molar-refractivity contribution in [2.75, 3.05) is 13.2 Å². The highest BCUT2D eigenvalue weighted by Gasteiger charge is 2.12. The number of ether oxygens (including phenoxy) is 2. The summed E-state index contributed by atoms with van der Waals surface area (Å²) in [6.45, 7) is 3.76. The third-order valence-electron chi connectivity index (χ3n) is 4.05. The molecule has 0 aliphatic rings. The predicted octanol–water partition coefficient (Wildman–Crippen LogP) is 3.94. The van der Waals surface area contributed by atoms with Crippen LogP contribution in [0.4, 0.5) is 4.39 Å². The van der Waals surface area contributed by atoms with E-state index in [1.54, 1.807) is 13.0 Å². The number of thioether (sulfide) groups is 1.